The minimum Gasteiger partial charge on any atom is -0.310 e. The van der Waals surface area contributed by atoms with Crippen molar-refractivity contribution in [3.63, 3.8) is 0 Å². The Kier molecular flexibility index (Phi) is 6.10. The smallest absolute Gasteiger partial charge is 0.0426 e. The molecule has 2 aromatic rings. The maximum absolute atomic E-state index is 6.07. The van der Waals surface area contributed by atoms with Gasteiger partial charge in [0.25, 0.3) is 0 Å². The molecular formula is C18H21Cl2N. The average molecular weight is 322 g/mol. The molecule has 0 aliphatic carbocycles. The molecule has 0 amide bonds. The van der Waals surface area contributed by atoms with Crippen LogP contribution >= 0.6 is 23.2 Å². The fourth-order valence-electron chi connectivity index (χ4n) is 2.44. The van der Waals surface area contributed by atoms with Crippen molar-refractivity contribution in [2.45, 2.75) is 32.7 Å². The van der Waals surface area contributed by atoms with Gasteiger partial charge in [0, 0.05) is 16.1 Å². The lowest BCUT2D eigenvalue weighted by atomic mass is 9.99. The molecule has 2 aromatic carbocycles. The van der Waals surface area contributed by atoms with E-state index in [0.717, 1.165) is 30.5 Å². The van der Waals surface area contributed by atoms with E-state index in [4.69, 9.17) is 23.2 Å². The summed E-state index contributed by atoms with van der Waals surface area (Å²) in [7, 11) is 0. The van der Waals surface area contributed by atoms with E-state index in [9.17, 15) is 0 Å². The zero-order valence-corrected chi connectivity index (χ0v) is 14.0. The van der Waals surface area contributed by atoms with Crippen molar-refractivity contribution >= 4 is 23.2 Å². The largest absolute Gasteiger partial charge is 0.310 e. The molecule has 0 saturated heterocycles. The van der Waals surface area contributed by atoms with Crippen molar-refractivity contribution < 1.29 is 0 Å². The number of rotatable bonds is 6. The fourth-order valence-corrected chi connectivity index (χ4v) is 2.97. The summed E-state index contributed by atoms with van der Waals surface area (Å²) in [6, 6.07) is 14.7. The van der Waals surface area contributed by atoms with Crippen LogP contribution < -0.4 is 5.32 Å². The van der Waals surface area contributed by atoms with E-state index >= 15 is 0 Å². The lowest BCUT2D eigenvalue weighted by Crippen LogP contribution is -2.21. The van der Waals surface area contributed by atoms with Crippen molar-refractivity contribution in [3.8, 4) is 11.1 Å². The van der Waals surface area contributed by atoms with Gasteiger partial charge in [-0.15, -0.1) is 0 Å². The van der Waals surface area contributed by atoms with Crippen LogP contribution in [0.5, 0.6) is 0 Å². The van der Waals surface area contributed by atoms with Gasteiger partial charge >= 0.3 is 0 Å². The minimum atomic E-state index is 0.418. The van der Waals surface area contributed by atoms with E-state index in [2.05, 4.69) is 43.4 Å². The Morgan fingerprint density at radius 3 is 2.05 bits per heavy atom. The van der Waals surface area contributed by atoms with Gasteiger partial charge in [0.15, 0.2) is 0 Å². The van der Waals surface area contributed by atoms with Gasteiger partial charge in [-0.05, 0) is 54.3 Å². The molecule has 0 aliphatic rings. The molecule has 0 saturated carbocycles. The highest BCUT2D eigenvalue weighted by atomic mass is 35.5. The van der Waals surface area contributed by atoms with Gasteiger partial charge in [-0.1, -0.05) is 61.3 Å². The summed E-state index contributed by atoms with van der Waals surface area (Å²) in [6.07, 6.45) is 2.23. The van der Waals surface area contributed by atoms with Crippen LogP contribution in [0.15, 0.2) is 42.5 Å². The Labute approximate surface area is 137 Å². The molecule has 112 valence electrons. The lowest BCUT2D eigenvalue weighted by Gasteiger charge is -2.17. The van der Waals surface area contributed by atoms with E-state index in [0.29, 0.717) is 16.1 Å². The van der Waals surface area contributed by atoms with Crippen molar-refractivity contribution in [1.82, 2.24) is 5.32 Å². The number of hydrogen-bond acceptors (Lipinski definition) is 1. The van der Waals surface area contributed by atoms with Gasteiger partial charge in [-0.3, -0.25) is 0 Å². The highest BCUT2D eigenvalue weighted by Gasteiger charge is 2.08. The summed E-state index contributed by atoms with van der Waals surface area (Å²) in [6.45, 7) is 5.44. The quantitative estimate of drug-likeness (QED) is 0.676. The van der Waals surface area contributed by atoms with Crippen molar-refractivity contribution in [3.05, 3.63) is 58.1 Å². The number of halogens is 2. The van der Waals surface area contributed by atoms with E-state index in [1.165, 1.54) is 5.56 Å². The molecule has 1 nitrogen and oxygen atoms in total. The molecule has 1 unspecified atom stereocenters. The van der Waals surface area contributed by atoms with Gasteiger partial charge in [-0.25, -0.2) is 0 Å². The van der Waals surface area contributed by atoms with Gasteiger partial charge in [-0.2, -0.15) is 0 Å². The fraction of sp³-hybridized carbons (Fsp3) is 0.333. The van der Waals surface area contributed by atoms with Gasteiger partial charge in [0.1, 0.15) is 0 Å². The van der Waals surface area contributed by atoms with Crippen LogP contribution in [-0.4, -0.2) is 6.54 Å². The normalized spacial score (nSPS) is 12.4. The first-order valence-electron chi connectivity index (χ1n) is 7.43. The SMILES string of the molecule is CCCNC(CC)c1ccc(-c2cc(Cl)cc(Cl)c2)cc1. The predicted molar refractivity (Wildman–Crippen MR) is 93.2 cm³/mol. The number of benzene rings is 2. The second kappa shape index (κ2) is 7.84. The maximum atomic E-state index is 6.07. The molecule has 2 rings (SSSR count). The molecule has 0 heterocycles. The van der Waals surface area contributed by atoms with E-state index in [-0.39, 0.29) is 0 Å². The molecule has 0 radical (unpaired) electrons. The first-order valence-corrected chi connectivity index (χ1v) is 8.19. The van der Waals surface area contributed by atoms with Crippen molar-refractivity contribution in [2.24, 2.45) is 0 Å². The molecule has 0 aromatic heterocycles. The Morgan fingerprint density at radius 1 is 0.905 bits per heavy atom. The van der Waals surface area contributed by atoms with Crippen molar-refractivity contribution in [1.29, 1.82) is 0 Å². The van der Waals surface area contributed by atoms with Crippen LogP contribution in [0.1, 0.15) is 38.3 Å². The van der Waals surface area contributed by atoms with E-state index in [1.807, 2.05) is 12.1 Å². The molecule has 0 aliphatic heterocycles. The van der Waals surface area contributed by atoms with Gasteiger partial charge in [0.05, 0.1) is 0 Å². The number of nitrogens with one attached hydrogen (secondary N) is 1. The molecule has 0 bridgehead atoms. The Morgan fingerprint density at radius 2 is 1.52 bits per heavy atom. The standard InChI is InChI=1S/C18H21Cl2N/c1-3-9-21-18(4-2)14-7-5-13(6-8-14)15-10-16(19)12-17(20)11-15/h5-8,10-12,18,21H,3-4,9H2,1-2H3. The third-order valence-electron chi connectivity index (χ3n) is 3.56. The third kappa shape index (κ3) is 4.47. The Balaban J connectivity index is 2.21. The maximum Gasteiger partial charge on any atom is 0.0426 e. The summed E-state index contributed by atoms with van der Waals surface area (Å²) in [5.41, 5.74) is 3.50. The minimum absolute atomic E-state index is 0.418. The van der Waals surface area contributed by atoms with Crippen LogP contribution in [0, 0.1) is 0 Å². The highest BCUT2D eigenvalue weighted by Crippen LogP contribution is 2.28. The van der Waals surface area contributed by atoms with Gasteiger partial charge in [0.2, 0.25) is 0 Å². The monoisotopic (exact) mass is 321 g/mol. The number of hydrogen-bond donors (Lipinski definition) is 1. The van der Waals surface area contributed by atoms with E-state index in [1.54, 1.807) is 6.07 Å². The summed E-state index contributed by atoms with van der Waals surface area (Å²) >= 11 is 12.1. The molecule has 1 N–H and O–H groups in total. The summed E-state index contributed by atoms with van der Waals surface area (Å²) in [5, 5.41) is 4.90. The summed E-state index contributed by atoms with van der Waals surface area (Å²) < 4.78 is 0. The molecule has 1 atom stereocenters. The van der Waals surface area contributed by atoms with Crippen LogP contribution in [0.3, 0.4) is 0 Å². The summed E-state index contributed by atoms with van der Waals surface area (Å²) in [4.78, 5) is 0. The third-order valence-corrected chi connectivity index (χ3v) is 3.99. The Bertz CT molecular complexity index is 558. The first-order chi connectivity index (χ1) is 10.1. The van der Waals surface area contributed by atoms with Crippen LogP contribution in [0.25, 0.3) is 11.1 Å². The van der Waals surface area contributed by atoms with Gasteiger partial charge < -0.3 is 5.32 Å². The van der Waals surface area contributed by atoms with Crippen LogP contribution in [0.2, 0.25) is 10.0 Å². The van der Waals surface area contributed by atoms with Crippen LogP contribution in [-0.2, 0) is 0 Å². The predicted octanol–water partition coefficient (Wildman–Crippen LogP) is 6.11. The molecule has 3 heteroatoms. The molecular weight excluding hydrogens is 301 g/mol. The lowest BCUT2D eigenvalue weighted by molar-refractivity contribution is 0.518. The zero-order valence-electron chi connectivity index (χ0n) is 12.5. The second-order valence-corrected chi connectivity index (χ2v) is 6.07. The molecule has 0 fully saturated rings. The highest BCUT2D eigenvalue weighted by molar-refractivity contribution is 6.35. The zero-order chi connectivity index (χ0) is 15.2. The van der Waals surface area contributed by atoms with E-state index < -0.39 is 0 Å². The average Bonchev–Trinajstić information content (AvgIpc) is 2.47. The van der Waals surface area contributed by atoms with Crippen LogP contribution in [0.4, 0.5) is 0 Å². The second-order valence-electron chi connectivity index (χ2n) is 5.20. The Hall–Kier alpha value is -1.02. The topological polar surface area (TPSA) is 12.0 Å². The summed E-state index contributed by atoms with van der Waals surface area (Å²) in [5.74, 6) is 0. The van der Waals surface area contributed by atoms with Crippen molar-refractivity contribution in [2.75, 3.05) is 6.54 Å². The first kappa shape index (κ1) is 16.4. The molecule has 0 spiro atoms. The molecule has 21 heavy (non-hydrogen) atoms.